The second-order valence-corrected chi connectivity index (χ2v) is 4.18. The first kappa shape index (κ1) is 9.71. The summed E-state index contributed by atoms with van der Waals surface area (Å²) in [7, 11) is 1.39. The van der Waals surface area contributed by atoms with Gasteiger partial charge in [0.2, 0.25) is 0 Å². The molecule has 0 amide bonds. The molecule has 1 N–H and O–H groups in total. The lowest BCUT2D eigenvalue weighted by molar-refractivity contribution is -0.152. The van der Waals surface area contributed by atoms with Crippen LogP contribution in [-0.2, 0) is 9.53 Å². The second kappa shape index (κ2) is 3.09. The van der Waals surface area contributed by atoms with Gasteiger partial charge in [-0.3, -0.25) is 4.79 Å². The summed E-state index contributed by atoms with van der Waals surface area (Å²) in [4.78, 5) is 11.7. The number of fused-ring (bicyclic) bond motifs is 1. The Morgan fingerprint density at radius 2 is 2.29 bits per heavy atom. The van der Waals surface area contributed by atoms with E-state index in [1.807, 2.05) is 19.1 Å². The molecule has 0 heterocycles. The van der Waals surface area contributed by atoms with Gasteiger partial charge in [-0.25, -0.2) is 0 Å². The van der Waals surface area contributed by atoms with Gasteiger partial charge in [0.05, 0.1) is 13.2 Å². The maximum absolute atomic E-state index is 11.7. The van der Waals surface area contributed by atoms with E-state index in [-0.39, 0.29) is 11.9 Å². The smallest absolute Gasteiger partial charge is 0.315 e. The molecule has 0 aromatic heterocycles. The monoisotopic (exact) mass is 196 g/mol. The van der Waals surface area contributed by atoms with Crippen molar-refractivity contribution in [3.8, 4) is 0 Å². The van der Waals surface area contributed by atoms with Gasteiger partial charge >= 0.3 is 5.97 Å². The van der Waals surface area contributed by atoms with Crippen molar-refractivity contribution in [3.63, 3.8) is 0 Å². The molecule has 0 radical (unpaired) electrons. The Labute approximate surface area is 83.8 Å². The van der Waals surface area contributed by atoms with Crippen LogP contribution in [0.1, 0.15) is 19.8 Å². The maximum Gasteiger partial charge on any atom is 0.315 e. The average Bonchev–Trinajstić information content (AvgIpc) is 2.69. The zero-order valence-electron chi connectivity index (χ0n) is 8.56. The standard InChI is InChI=1S/C11H16O3/c1-3-4-7-8-5-6-9(12)11(7,8)10(13)14-2/h3-4,7-9,12H,5-6H2,1-2H3/b4-3+/t7-,8-,9-,11-/m0/s1. The van der Waals surface area contributed by atoms with Crippen LogP contribution in [0.2, 0.25) is 0 Å². The van der Waals surface area contributed by atoms with Gasteiger partial charge in [0.1, 0.15) is 5.41 Å². The summed E-state index contributed by atoms with van der Waals surface area (Å²) in [5.41, 5.74) is -0.596. The van der Waals surface area contributed by atoms with Gasteiger partial charge < -0.3 is 9.84 Å². The molecule has 0 aromatic carbocycles. The van der Waals surface area contributed by atoms with Crippen LogP contribution in [0, 0.1) is 17.3 Å². The van der Waals surface area contributed by atoms with Gasteiger partial charge in [-0.1, -0.05) is 12.2 Å². The third-order valence-corrected chi connectivity index (χ3v) is 3.73. The van der Waals surface area contributed by atoms with Crippen LogP contribution in [-0.4, -0.2) is 24.3 Å². The molecule has 3 heteroatoms. The number of aliphatic hydroxyl groups excluding tert-OH is 1. The molecule has 78 valence electrons. The lowest BCUT2D eigenvalue weighted by Crippen LogP contribution is -2.31. The van der Waals surface area contributed by atoms with Crippen LogP contribution in [0.25, 0.3) is 0 Å². The summed E-state index contributed by atoms with van der Waals surface area (Å²) in [6.45, 7) is 1.94. The molecule has 0 spiro atoms. The van der Waals surface area contributed by atoms with Crippen LogP contribution < -0.4 is 0 Å². The van der Waals surface area contributed by atoms with Crippen molar-refractivity contribution >= 4 is 5.97 Å². The van der Waals surface area contributed by atoms with Crippen LogP contribution >= 0.6 is 0 Å². The predicted octanol–water partition coefficient (Wildman–Crippen LogP) is 1.12. The van der Waals surface area contributed by atoms with Gasteiger partial charge in [-0.2, -0.15) is 0 Å². The fourth-order valence-corrected chi connectivity index (χ4v) is 3.08. The Morgan fingerprint density at radius 3 is 2.86 bits per heavy atom. The number of hydrogen-bond acceptors (Lipinski definition) is 3. The Balaban J connectivity index is 2.25. The summed E-state index contributed by atoms with van der Waals surface area (Å²) in [5.74, 6) is 0.264. The molecule has 2 aliphatic rings. The number of esters is 1. The molecule has 14 heavy (non-hydrogen) atoms. The molecule has 0 saturated heterocycles. The van der Waals surface area contributed by atoms with Crippen molar-refractivity contribution in [2.75, 3.05) is 7.11 Å². The van der Waals surface area contributed by atoms with Crippen molar-refractivity contribution in [3.05, 3.63) is 12.2 Å². The van der Waals surface area contributed by atoms with E-state index < -0.39 is 11.5 Å². The van der Waals surface area contributed by atoms with E-state index in [2.05, 4.69) is 0 Å². The van der Waals surface area contributed by atoms with Crippen molar-refractivity contribution in [2.45, 2.75) is 25.9 Å². The highest BCUT2D eigenvalue weighted by Crippen LogP contribution is 2.69. The SMILES string of the molecule is C/C=C/[C@H]1[C@@H]2CC[C@H](O)[C@]12C(=O)OC. The highest BCUT2D eigenvalue weighted by Gasteiger charge is 2.75. The Morgan fingerprint density at radius 1 is 1.57 bits per heavy atom. The fraction of sp³-hybridized carbons (Fsp3) is 0.727. The van der Waals surface area contributed by atoms with Crippen molar-refractivity contribution in [1.82, 2.24) is 0 Å². The van der Waals surface area contributed by atoms with E-state index in [1.165, 1.54) is 7.11 Å². The molecule has 0 aliphatic heterocycles. The van der Waals surface area contributed by atoms with Gasteiger partial charge in [0.15, 0.2) is 0 Å². The lowest BCUT2D eigenvalue weighted by Gasteiger charge is -2.17. The van der Waals surface area contributed by atoms with Gasteiger partial charge in [0.25, 0.3) is 0 Å². The molecule has 0 aromatic rings. The molecule has 0 bridgehead atoms. The van der Waals surface area contributed by atoms with Crippen molar-refractivity contribution < 1.29 is 14.6 Å². The predicted molar refractivity (Wildman–Crippen MR) is 51.5 cm³/mol. The fourth-order valence-electron chi connectivity index (χ4n) is 3.08. The highest BCUT2D eigenvalue weighted by atomic mass is 16.5. The summed E-state index contributed by atoms with van der Waals surface area (Å²) < 4.78 is 4.79. The van der Waals surface area contributed by atoms with Crippen LogP contribution in [0.15, 0.2) is 12.2 Å². The topological polar surface area (TPSA) is 46.5 Å². The largest absolute Gasteiger partial charge is 0.468 e. The van der Waals surface area contributed by atoms with E-state index in [1.54, 1.807) is 0 Å². The molecule has 4 atom stereocenters. The molecule has 0 unspecified atom stereocenters. The van der Waals surface area contributed by atoms with Crippen LogP contribution in [0.5, 0.6) is 0 Å². The van der Waals surface area contributed by atoms with E-state index in [9.17, 15) is 9.90 Å². The van der Waals surface area contributed by atoms with Crippen LogP contribution in [0.3, 0.4) is 0 Å². The molecule has 3 nitrogen and oxygen atoms in total. The van der Waals surface area contributed by atoms with E-state index in [4.69, 9.17) is 4.74 Å². The van der Waals surface area contributed by atoms with E-state index in [0.717, 1.165) is 12.8 Å². The van der Waals surface area contributed by atoms with Crippen LogP contribution in [0.4, 0.5) is 0 Å². The zero-order valence-corrected chi connectivity index (χ0v) is 8.56. The number of hydrogen-bond donors (Lipinski definition) is 1. The average molecular weight is 196 g/mol. The molecule has 2 aliphatic carbocycles. The number of ether oxygens (including phenoxy) is 1. The maximum atomic E-state index is 11.7. The third-order valence-electron chi connectivity index (χ3n) is 3.73. The van der Waals surface area contributed by atoms with Crippen molar-refractivity contribution in [2.24, 2.45) is 17.3 Å². The Kier molecular flexibility index (Phi) is 2.14. The quantitative estimate of drug-likeness (QED) is 0.532. The van der Waals surface area contributed by atoms with E-state index >= 15 is 0 Å². The van der Waals surface area contributed by atoms with Gasteiger partial charge in [-0.05, 0) is 31.6 Å². The molecule has 2 saturated carbocycles. The number of aliphatic hydroxyl groups is 1. The zero-order chi connectivity index (χ0) is 10.3. The van der Waals surface area contributed by atoms with Gasteiger partial charge in [-0.15, -0.1) is 0 Å². The number of methoxy groups -OCH3 is 1. The minimum absolute atomic E-state index is 0.198. The lowest BCUT2D eigenvalue weighted by atomic mass is 9.96. The Hall–Kier alpha value is -0.830. The molecular weight excluding hydrogens is 180 g/mol. The highest BCUT2D eigenvalue weighted by molar-refractivity contribution is 5.83. The normalized spacial score (nSPS) is 45.2. The summed E-state index contributed by atoms with van der Waals surface area (Å²) in [6, 6.07) is 0. The Bertz CT molecular complexity index is 284. The minimum atomic E-state index is -0.596. The third kappa shape index (κ3) is 0.934. The summed E-state index contributed by atoms with van der Waals surface area (Å²) in [6.07, 6.45) is 5.12. The summed E-state index contributed by atoms with van der Waals surface area (Å²) in [5, 5.41) is 9.85. The molecular formula is C11H16O3. The molecule has 2 rings (SSSR count). The second-order valence-electron chi connectivity index (χ2n) is 4.18. The summed E-state index contributed by atoms with van der Waals surface area (Å²) >= 11 is 0. The first-order chi connectivity index (χ1) is 6.69. The first-order valence-electron chi connectivity index (χ1n) is 5.08. The first-order valence-corrected chi connectivity index (χ1v) is 5.08. The number of allylic oxidation sites excluding steroid dienone is 2. The molecule has 2 fully saturated rings. The van der Waals surface area contributed by atoms with Gasteiger partial charge in [0, 0.05) is 0 Å². The van der Waals surface area contributed by atoms with Crippen molar-refractivity contribution in [1.29, 1.82) is 0 Å². The number of rotatable bonds is 2. The minimum Gasteiger partial charge on any atom is -0.468 e. The van der Waals surface area contributed by atoms with E-state index in [0.29, 0.717) is 5.92 Å². The number of carbonyl (C=O) groups is 1. The number of carbonyl (C=O) groups excluding carboxylic acids is 1.